The van der Waals surface area contributed by atoms with E-state index in [2.05, 4.69) is 15.4 Å². The molecular formula is C27H26N8O3. The summed E-state index contributed by atoms with van der Waals surface area (Å²) < 4.78 is 0. The molecule has 3 aromatic carbocycles. The summed E-state index contributed by atoms with van der Waals surface area (Å²) in [6.07, 6.45) is 1.47. The van der Waals surface area contributed by atoms with Crippen LogP contribution in [-0.2, 0) is 9.59 Å². The van der Waals surface area contributed by atoms with Gasteiger partial charge in [0, 0.05) is 11.6 Å². The van der Waals surface area contributed by atoms with E-state index >= 15 is 0 Å². The molecule has 4 N–H and O–H groups in total. The Kier molecular flexibility index (Phi) is 6.56. The predicted octanol–water partition coefficient (Wildman–Crippen LogP) is 2.28. The highest BCUT2D eigenvalue weighted by Gasteiger charge is 2.42. The standard InChI is InChI=1S/C27H26N8O3/c1-17-11-12-19-20(18-7-3-2-4-8-18)14-24(26(37)33(15-25(28)36)23(19)13-17)34(27(29)38)21-9-5-6-10-22(21)35-31-16-30-32-35/h2-13,16,20,24H,14-15H2,1H3,(H2,28,36)(H2,29,38). The van der Waals surface area contributed by atoms with Crippen LogP contribution in [0, 0.1) is 6.92 Å². The summed E-state index contributed by atoms with van der Waals surface area (Å²) in [5, 5.41) is 11.8. The largest absolute Gasteiger partial charge is 0.368 e. The minimum Gasteiger partial charge on any atom is -0.368 e. The highest BCUT2D eigenvalue weighted by atomic mass is 16.2. The number of primary amides is 2. The van der Waals surface area contributed by atoms with E-state index in [0.717, 1.165) is 16.7 Å². The lowest BCUT2D eigenvalue weighted by Crippen LogP contribution is -2.54. The van der Waals surface area contributed by atoms with Crippen molar-refractivity contribution in [1.82, 2.24) is 20.2 Å². The Hall–Kier alpha value is -5.06. The minimum absolute atomic E-state index is 0.205. The number of rotatable bonds is 6. The fraction of sp³-hybridized carbons (Fsp3) is 0.185. The number of fused-ring (bicyclic) bond motifs is 1. The van der Waals surface area contributed by atoms with E-state index in [-0.39, 0.29) is 18.9 Å². The van der Waals surface area contributed by atoms with Crippen LogP contribution >= 0.6 is 0 Å². The molecule has 1 aliphatic rings. The highest BCUT2D eigenvalue weighted by Crippen LogP contribution is 2.42. The van der Waals surface area contributed by atoms with Gasteiger partial charge in [-0.1, -0.05) is 54.6 Å². The fourth-order valence-electron chi connectivity index (χ4n) is 5.02. The van der Waals surface area contributed by atoms with Gasteiger partial charge < -0.3 is 16.4 Å². The van der Waals surface area contributed by atoms with Crippen molar-refractivity contribution in [2.75, 3.05) is 16.3 Å². The van der Waals surface area contributed by atoms with Crippen LogP contribution in [0.25, 0.3) is 5.69 Å². The number of amides is 4. The Morgan fingerprint density at radius 1 is 1.00 bits per heavy atom. The molecule has 2 heterocycles. The van der Waals surface area contributed by atoms with Crippen LogP contribution in [0.5, 0.6) is 0 Å². The summed E-state index contributed by atoms with van der Waals surface area (Å²) in [4.78, 5) is 43.4. The Bertz CT molecular complexity index is 1490. The van der Waals surface area contributed by atoms with Gasteiger partial charge >= 0.3 is 6.03 Å². The van der Waals surface area contributed by atoms with Crippen molar-refractivity contribution in [1.29, 1.82) is 0 Å². The van der Waals surface area contributed by atoms with Gasteiger partial charge in [0.25, 0.3) is 5.91 Å². The van der Waals surface area contributed by atoms with Crippen LogP contribution in [-0.4, -0.2) is 50.6 Å². The first-order chi connectivity index (χ1) is 18.3. The van der Waals surface area contributed by atoms with E-state index in [1.807, 2.05) is 55.5 Å². The second-order valence-electron chi connectivity index (χ2n) is 9.09. The zero-order valence-corrected chi connectivity index (χ0v) is 20.6. The van der Waals surface area contributed by atoms with Crippen LogP contribution in [0.15, 0.2) is 79.1 Å². The average Bonchev–Trinajstić information content (AvgIpc) is 3.41. The summed E-state index contributed by atoms with van der Waals surface area (Å²) in [6.45, 7) is 1.55. The maximum absolute atomic E-state index is 14.3. The van der Waals surface area contributed by atoms with Gasteiger partial charge in [-0.05, 0) is 53.4 Å². The molecule has 0 saturated heterocycles. The number of urea groups is 1. The summed E-state index contributed by atoms with van der Waals surface area (Å²) >= 11 is 0. The van der Waals surface area contributed by atoms with Gasteiger partial charge in [-0.2, -0.15) is 0 Å². The molecule has 0 aliphatic carbocycles. The Balaban J connectivity index is 1.72. The molecule has 11 heteroatoms. The second-order valence-corrected chi connectivity index (χ2v) is 9.09. The van der Waals surface area contributed by atoms with Gasteiger partial charge in [0.15, 0.2) is 6.33 Å². The number of carbonyl (C=O) groups excluding carboxylic acids is 3. The fourth-order valence-corrected chi connectivity index (χ4v) is 5.02. The van der Waals surface area contributed by atoms with Crippen LogP contribution in [0.4, 0.5) is 16.2 Å². The molecule has 11 nitrogen and oxygen atoms in total. The molecule has 2 atom stereocenters. The van der Waals surface area contributed by atoms with Crippen LogP contribution in [0.2, 0.25) is 0 Å². The Morgan fingerprint density at radius 2 is 1.74 bits per heavy atom. The van der Waals surface area contributed by atoms with Crippen molar-refractivity contribution in [3.05, 3.63) is 95.8 Å². The molecule has 4 aromatic rings. The molecule has 0 bridgehead atoms. The molecule has 1 aliphatic heterocycles. The SMILES string of the molecule is Cc1ccc2c(c1)N(CC(N)=O)C(=O)C(N(C(N)=O)c1ccccc1-n1ncnn1)CC2c1ccccc1. The lowest BCUT2D eigenvalue weighted by molar-refractivity contribution is -0.123. The summed E-state index contributed by atoms with van der Waals surface area (Å²) in [7, 11) is 0. The Labute approximate surface area is 218 Å². The van der Waals surface area contributed by atoms with E-state index in [4.69, 9.17) is 11.5 Å². The molecule has 192 valence electrons. The molecule has 2 unspecified atom stereocenters. The molecule has 0 fully saturated rings. The number of aromatic nitrogens is 4. The van der Waals surface area contributed by atoms with Crippen molar-refractivity contribution in [2.24, 2.45) is 11.5 Å². The van der Waals surface area contributed by atoms with Crippen molar-refractivity contribution < 1.29 is 14.4 Å². The third-order valence-corrected chi connectivity index (χ3v) is 6.63. The monoisotopic (exact) mass is 510 g/mol. The number of nitrogens with zero attached hydrogens (tertiary/aromatic N) is 6. The zero-order chi connectivity index (χ0) is 26.8. The van der Waals surface area contributed by atoms with Crippen LogP contribution < -0.4 is 21.3 Å². The van der Waals surface area contributed by atoms with E-state index in [1.54, 1.807) is 24.3 Å². The number of hydrogen-bond acceptors (Lipinski definition) is 6. The van der Waals surface area contributed by atoms with Crippen molar-refractivity contribution in [3.8, 4) is 5.69 Å². The number of hydrogen-bond donors (Lipinski definition) is 2. The smallest absolute Gasteiger partial charge is 0.320 e. The molecule has 0 spiro atoms. The molecule has 0 radical (unpaired) electrons. The quantitative estimate of drug-likeness (QED) is 0.406. The predicted molar refractivity (Wildman–Crippen MR) is 141 cm³/mol. The molecular weight excluding hydrogens is 484 g/mol. The van der Waals surface area contributed by atoms with Gasteiger partial charge in [0.1, 0.15) is 18.3 Å². The zero-order valence-electron chi connectivity index (χ0n) is 20.6. The highest BCUT2D eigenvalue weighted by molar-refractivity contribution is 6.09. The third kappa shape index (κ3) is 4.57. The van der Waals surface area contributed by atoms with Gasteiger partial charge in [-0.3, -0.25) is 14.5 Å². The number of carbonyl (C=O) groups is 3. The van der Waals surface area contributed by atoms with Crippen LogP contribution in [0.3, 0.4) is 0 Å². The van der Waals surface area contributed by atoms with Gasteiger partial charge in [-0.25, -0.2) is 4.79 Å². The number of tetrazole rings is 1. The van der Waals surface area contributed by atoms with Crippen molar-refractivity contribution in [2.45, 2.75) is 25.3 Å². The maximum Gasteiger partial charge on any atom is 0.320 e. The summed E-state index contributed by atoms with van der Waals surface area (Å²) in [5.74, 6) is -1.45. The van der Waals surface area contributed by atoms with Crippen molar-refractivity contribution in [3.63, 3.8) is 0 Å². The van der Waals surface area contributed by atoms with E-state index in [0.29, 0.717) is 17.1 Å². The van der Waals surface area contributed by atoms with Crippen molar-refractivity contribution >= 4 is 29.2 Å². The first-order valence-corrected chi connectivity index (χ1v) is 12.0. The van der Waals surface area contributed by atoms with Gasteiger partial charge in [0.2, 0.25) is 5.91 Å². The lowest BCUT2D eigenvalue weighted by Gasteiger charge is -2.33. The van der Waals surface area contributed by atoms with Gasteiger partial charge in [0.05, 0.1) is 5.69 Å². The summed E-state index contributed by atoms with van der Waals surface area (Å²) in [6, 6.07) is 20.4. The Morgan fingerprint density at radius 3 is 2.42 bits per heavy atom. The molecule has 0 saturated carbocycles. The number of anilines is 2. The first-order valence-electron chi connectivity index (χ1n) is 12.0. The molecule has 1 aromatic heterocycles. The lowest BCUT2D eigenvalue weighted by atomic mass is 9.85. The molecule has 4 amide bonds. The third-order valence-electron chi connectivity index (χ3n) is 6.63. The molecule has 38 heavy (non-hydrogen) atoms. The van der Waals surface area contributed by atoms with E-state index < -0.39 is 23.9 Å². The second kappa shape index (κ2) is 10.1. The van der Waals surface area contributed by atoms with E-state index in [1.165, 1.54) is 20.9 Å². The molecule has 5 rings (SSSR count). The van der Waals surface area contributed by atoms with Gasteiger partial charge in [-0.15, -0.1) is 15.0 Å². The number of nitrogens with two attached hydrogens (primary N) is 2. The topological polar surface area (TPSA) is 153 Å². The minimum atomic E-state index is -1.07. The summed E-state index contributed by atoms with van der Waals surface area (Å²) in [5.41, 5.74) is 15.6. The number of benzene rings is 3. The maximum atomic E-state index is 14.3. The first kappa shape index (κ1) is 24.6. The van der Waals surface area contributed by atoms with E-state index in [9.17, 15) is 14.4 Å². The normalized spacial score (nSPS) is 17.0. The number of para-hydroxylation sites is 2. The van der Waals surface area contributed by atoms with Crippen LogP contribution in [0.1, 0.15) is 29.0 Å². The number of aryl methyl sites for hydroxylation is 1. The average molecular weight is 511 g/mol.